The Morgan fingerprint density at radius 3 is 2.14 bits per heavy atom. The smallest absolute Gasteiger partial charge is 0.217 e. The van der Waals surface area contributed by atoms with Crippen LogP contribution in [0.5, 0.6) is 5.75 Å². The molecule has 0 bridgehead atoms. The Hall–Kier alpha value is -1.37. The Labute approximate surface area is 177 Å². The van der Waals surface area contributed by atoms with Crippen molar-refractivity contribution in [1.82, 2.24) is 5.32 Å². The molecule has 0 radical (unpaired) electrons. The Kier molecular flexibility index (Phi) is 9.85. The lowest BCUT2D eigenvalue weighted by Gasteiger charge is -2.37. The zero-order valence-corrected chi connectivity index (χ0v) is 20.2. The van der Waals surface area contributed by atoms with Crippen molar-refractivity contribution in [2.45, 2.75) is 83.1 Å². The number of aliphatic hydroxyl groups excluding tert-OH is 2. The molecule has 0 saturated heterocycles. The summed E-state index contributed by atoms with van der Waals surface area (Å²) in [4.78, 5) is 11.3. The molecule has 1 aromatic carbocycles. The quantitative estimate of drug-likeness (QED) is 0.349. The summed E-state index contributed by atoms with van der Waals surface area (Å²) in [6.07, 6.45) is 3.39. The molecule has 0 aliphatic heterocycles. The van der Waals surface area contributed by atoms with E-state index in [0.717, 1.165) is 24.3 Å². The van der Waals surface area contributed by atoms with Gasteiger partial charge in [-0.1, -0.05) is 58.5 Å². The van der Waals surface area contributed by atoms with E-state index >= 15 is 0 Å². The number of hydrogen-bond acceptors (Lipinski definition) is 4. The maximum absolute atomic E-state index is 11.3. The van der Waals surface area contributed by atoms with Gasteiger partial charge in [-0.3, -0.25) is 4.79 Å². The van der Waals surface area contributed by atoms with E-state index in [-0.39, 0.29) is 19.1 Å². The number of amides is 1. The van der Waals surface area contributed by atoms with Crippen molar-refractivity contribution in [2.24, 2.45) is 0 Å². The second-order valence-electron chi connectivity index (χ2n) is 9.86. The van der Waals surface area contributed by atoms with Crippen LogP contribution in [0.25, 0.3) is 0 Å². The number of nitrogens with one attached hydrogen (secondary N) is 1. The molecule has 29 heavy (non-hydrogen) atoms. The van der Waals surface area contributed by atoms with E-state index in [2.05, 4.69) is 39.2 Å². The average Bonchev–Trinajstić information content (AvgIpc) is 2.64. The highest BCUT2D eigenvalue weighted by Gasteiger charge is 2.34. The zero-order valence-electron chi connectivity index (χ0n) is 19.2. The Bertz CT molecular complexity index is 619. The average molecular weight is 424 g/mol. The van der Waals surface area contributed by atoms with Gasteiger partial charge in [-0.25, -0.2) is 0 Å². The molecule has 0 aliphatic rings. The number of hydrogen-bond donors (Lipinski definition) is 3. The lowest BCUT2D eigenvalue weighted by molar-refractivity contribution is -0.122. The third-order valence-electron chi connectivity index (χ3n) is 6.36. The predicted octanol–water partition coefficient (Wildman–Crippen LogP) is 4.15. The first-order valence-electron chi connectivity index (χ1n) is 10.7. The normalized spacial score (nSPS) is 12.7. The summed E-state index contributed by atoms with van der Waals surface area (Å²) >= 11 is 0. The minimum atomic E-state index is -1.20. The van der Waals surface area contributed by atoms with Crippen molar-refractivity contribution in [3.63, 3.8) is 0 Å². The van der Waals surface area contributed by atoms with Crippen LogP contribution in [0.2, 0.25) is 24.2 Å². The molecule has 0 spiro atoms. The number of aryl methyl sites for hydroxylation is 1. The Morgan fingerprint density at radius 1 is 1.07 bits per heavy atom. The van der Waals surface area contributed by atoms with Gasteiger partial charge in [0.05, 0.1) is 33.4 Å². The molecule has 5 nitrogen and oxygen atoms in total. The van der Waals surface area contributed by atoms with Crippen LogP contribution in [0.1, 0.15) is 52.5 Å². The topological polar surface area (TPSA) is 78.8 Å². The maximum Gasteiger partial charge on any atom is 0.217 e. The van der Waals surface area contributed by atoms with Gasteiger partial charge < -0.3 is 20.3 Å². The van der Waals surface area contributed by atoms with Crippen LogP contribution < -0.4 is 10.1 Å². The third-order valence-corrected chi connectivity index (χ3v) is 12.0. The molecule has 0 heterocycles. The molecule has 1 rings (SSSR count). The van der Waals surface area contributed by atoms with Crippen molar-refractivity contribution in [3.05, 3.63) is 29.8 Å². The standard InChI is InChI=1S/C23H41NO4Si/c1-19(27)24-23(17-25,18-26)14-13-20-9-11-21(12-10-20)28-15-7-8-16-29(5,6)22(2,3)4/h9-12,25-26H,7-8,13-18H2,1-6H3,(H,24,27). The van der Waals surface area contributed by atoms with E-state index in [0.29, 0.717) is 17.9 Å². The molecular weight excluding hydrogens is 382 g/mol. The van der Waals surface area contributed by atoms with Crippen molar-refractivity contribution < 1.29 is 19.7 Å². The van der Waals surface area contributed by atoms with Crippen molar-refractivity contribution in [2.75, 3.05) is 19.8 Å². The van der Waals surface area contributed by atoms with Gasteiger partial charge in [0.1, 0.15) is 5.75 Å². The summed E-state index contributed by atoms with van der Waals surface area (Å²) < 4.78 is 5.88. The summed E-state index contributed by atoms with van der Waals surface area (Å²) in [6, 6.07) is 9.24. The van der Waals surface area contributed by atoms with E-state index in [1.807, 2.05) is 24.3 Å². The molecule has 0 aromatic heterocycles. The molecule has 0 aliphatic carbocycles. The summed E-state index contributed by atoms with van der Waals surface area (Å²) in [7, 11) is -1.20. The summed E-state index contributed by atoms with van der Waals surface area (Å²) in [6.45, 7) is 13.6. The minimum Gasteiger partial charge on any atom is -0.494 e. The number of ether oxygens (including phenoxy) is 1. The number of carbonyl (C=O) groups is 1. The van der Waals surface area contributed by atoms with Gasteiger partial charge in [0.15, 0.2) is 0 Å². The molecule has 0 fully saturated rings. The summed E-state index contributed by atoms with van der Waals surface area (Å²) in [5.41, 5.74) is 0.0948. The van der Waals surface area contributed by atoms with Crippen LogP contribution >= 0.6 is 0 Å². The number of rotatable bonds is 12. The fourth-order valence-corrected chi connectivity index (χ4v) is 4.98. The zero-order chi connectivity index (χ0) is 22.1. The second kappa shape index (κ2) is 11.1. The molecule has 0 unspecified atom stereocenters. The van der Waals surface area contributed by atoms with E-state index < -0.39 is 13.6 Å². The van der Waals surface area contributed by atoms with Crippen LogP contribution in [0.3, 0.4) is 0 Å². The molecule has 1 aromatic rings. The highest BCUT2D eigenvalue weighted by atomic mass is 28.3. The van der Waals surface area contributed by atoms with Crippen molar-refractivity contribution in [3.8, 4) is 5.75 Å². The molecule has 0 atom stereocenters. The van der Waals surface area contributed by atoms with Crippen molar-refractivity contribution >= 4 is 14.0 Å². The maximum atomic E-state index is 11.3. The molecule has 0 saturated carbocycles. The number of benzene rings is 1. The SMILES string of the molecule is CC(=O)NC(CO)(CO)CCc1ccc(OCCCC[Si](C)(C)C(C)(C)C)cc1. The van der Waals surface area contributed by atoms with Crippen LogP contribution in [0.15, 0.2) is 24.3 Å². The fraction of sp³-hybridized carbons (Fsp3) is 0.696. The molecule has 6 heteroatoms. The van der Waals surface area contributed by atoms with Crippen LogP contribution in [0.4, 0.5) is 0 Å². The van der Waals surface area contributed by atoms with Gasteiger partial charge in [0, 0.05) is 6.92 Å². The second-order valence-corrected chi connectivity index (χ2v) is 15.6. The number of aliphatic hydroxyl groups is 2. The van der Waals surface area contributed by atoms with Gasteiger partial charge in [-0.15, -0.1) is 0 Å². The van der Waals surface area contributed by atoms with Crippen molar-refractivity contribution in [1.29, 1.82) is 0 Å². The summed E-state index contributed by atoms with van der Waals surface area (Å²) in [5, 5.41) is 22.3. The van der Waals surface area contributed by atoms with Gasteiger partial charge in [-0.2, -0.15) is 0 Å². The first-order valence-corrected chi connectivity index (χ1v) is 13.9. The fourth-order valence-electron chi connectivity index (χ4n) is 3.09. The highest BCUT2D eigenvalue weighted by Crippen LogP contribution is 2.39. The van der Waals surface area contributed by atoms with E-state index in [1.165, 1.54) is 19.4 Å². The largest absolute Gasteiger partial charge is 0.494 e. The van der Waals surface area contributed by atoms with E-state index in [9.17, 15) is 15.0 Å². The highest BCUT2D eigenvalue weighted by molar-refractivity contribution is 6.80. The van der Waals surface area contributed by atoms with Crippen LogP contribution in [-0.4, -0.2) is 49.6 Å². The van der Waals surface area contributed by atoms with Gasteiger partial charge in [-0.05, 0) is 42.0 Å². The summed E-state index contributed by atoms with van der Waals surface area (Å²) in [5.74, 6) is 0.601. The molecule has 3 N–H and O–H groups in total. The van der Waals surface area contributed by atoms with Gasteiger partial charge in [0.25, 0.3) is 0 Å². The monoisotopic (exact) mass is 423 g/mol. The Balaban J connectivity index is 2.43. The van der Waals surface area contributed by atoms with Gasteiger partial charge >= 0.3 is 0 Å². The third kappa shape index (κ3) is 8.48. The van der Waals surface area contributed by atoms with Gasteiger partial charge in [0.2, 0.25) is 5.91 Å². The van der Waals surface area contributed by atoms with Crippen LogP contribution in [-0.2, 0) is 11.2 Å². The van der Waals surface area contributed by atoms with E-state index in [1.54, 1.807) is 0 Å². The minimum absolute atomic E-state index is 0.259. The molecular formula is C23H41NO4Si. The molecule has 1 amide bonds. The van der Waals surface area contributed by atoms with Crippen LogP contribution in [0, 0.1) is 0 Å². The van der Waals surface area contributed by atoms with E-state index in [4.69, 9.17) is 4.74 Å². The predicted molar refractivity (Wildman–Crippen MR) is 122 cm³/mol. The number of unbranched alkanes of at least 4 members (excludes halogenated alkanes) is 1. The molecule has 166 valence electrons. The lowest BCUT2D eigenvalue weighted by atomic mass is 9.92. The first-order chi connectivity index (χ1) is 13.4. The lowest BCUT2D eigenvalue weighted by Crippen LogP contribution is -2.53. The number of carbonyl (C=O) groups excluding carboxylic acids is 1. The Morgan fingerprint density at radius 2 is 1.66 bits per heavy atom. The first kappa shape index (κ1) is 25.7.